The van der Waals surface area contributed by atoms with Crippen LogP contribution in [0.4, 0.5) is 0 Å². The van der Waals surface area contributed by atoms with E-state index in [0.29, 0.717) is 13.0 Å². The summed E-state index contributed by atoms with van der Waals surface area (Å²) in [6.07, 6.45) is 4.43. The molecule has 2 rings (SSSR count). The van der Waals surface area contributed by atoms with Crippen molar-refractivity contribution >= 4 is 15.7 Å². The van der Waals surface area contributed by atoms with E-state index in [-0.39, 0.29) is 29.4 Å². The summed E-state index contributed by atoms with van der Waals surface area (Å²) >= 11 is 0. The molecule has 2 unspecified atom stereocenters. The average molecular weight is 302 g/mol. The molecule has 1 saturated carbocycles. The lowest BCUT2D eigenvalue weighted by Crippen LogP contribution is -2.57. The summed E-state index contributed by atoms with van der Waals surface area (Å²) in [6, 6.07) is -0.180. The Morgan fingerprint density at radius 2 is 2.00 bits per heavy atom. The van der Waals surface area contributed by atoms with Crippen LogP contribution in [0.5, 0.6) is 0 Å². The van der Waals surface area contributed by atoms with Crippen molar-refractivity contribution in [2.24, 2.45) is 11.7 Å². The summed E-state index contributed by atoms with van der Waals surface area (Å²) in [5.74, 6) is 0.495. The number of nitrogens with two attached hydrogens (primary N) is 1. The minimum atomic E-state index is -2.98. The number of carbonyl (C=O) groups excluding carboxylic acids is 1. The topological polar surface area (TPSA) is 80.5 Å². The molecule has 0 radical (unpaired) electrons. The molecule has 1 aliphatic heterocycles. The molecule has 6 heteroatoms. The lowest BCUT2D eigenvalue weighted by atomic mass is 9.94. The van der Waals surface area contributed by atoms with Gasteiger partial charge in [-0.1, -0.05) is 13.3 Å². The van der Waals surface area contributed by atoms with Gasteiger partial charge in [-0.15, -0.1) is 0 Å². The Bertz CT molecular complexity index is 469. The van der Waals surface area contributed by atoms with Crippen LogP contribution in [0, 0.1) is 5.92 Å². The standard InChI is InChI=1S/C14H26N2O3S/c1-3-4-8-16(12-7-9-20(18,19)10-12)13(17)14(2,15)11-5-6-11/h11-12H,3-10,15H2,1-2H3. The van der Waals surface area contributed by atoms with Gasteiger partial charge in [-0.3, -0.25) is 4.79 Å². The van der Waals surface area contributed by atoms with Crippen LogP contribution in [0.3, 0.4) is 0 Å². The number of hydrogen-bond donors (Lipinski definition) is 1. The maximum atomic E-state index is 12.8. The van der Waals surface area contributed by atoms with E-state index in [0.717, 1.165) is 25.7 Å². The third kappa shape index (κ3) is 3.34. The van der Waals surface area contributed by atoms with Crippen LogP contribution in [0.2, 0.25) is 0 Å². The molecule has 0 aromatic heterocycles. The quantitative estimate of drug-likeness (QED) is 0.791. The molecule has 116 valence electrons. The lowest BCUT2D eigenvalue weighted by Gasteiger charge is -2.35. The second kappa shape index (κ2) is 5.64. The van der Waals surface area contributed by atoms with E-state index in [2.05, 4.69) is 6.92 Å². The molecule has 0 spiro atoms. The Hall–Kier alpha value is -0.620. The smallest absolute Gasteiger partial charge is 0.242 e. The lowest BCUT2D eigenvalue weighted by molar-refractivity contribution is -0.139. The highest BCUT2D eigenvalue weighted by molar-refractivity contribution is 7.91. The SMILES string of the molecule is CCCCN(C(=O)C(C)(N)C1CC1)C1CCS(=O)(=O)C1. The van der Waals surface area contributed by atoms with Crippen LogP contribution in [0.25, 0.3) is 0 Å². The van der Waals surface area contributed by atoms with E-state index >= 15 is 0 Å². The highest BCUT2D eigenvalue weighted by Crippen LogP contribution is 2.39. The van der Waals surface area contributed by atoms with Crippen LogP contribution in [0.15, 0.2) is 0 Å². The van der Waals surface area contributed by atoms with Crippen molar-refractivity contribution in [2.75, 3.05) is 18.1 Å². The summed E-state index contributed by atoms with van der Waals surface area (Å²) in [6.45, 7) is 4.49. The Kier molecular flexibility index (Phi) is 4.44. The summed E-state index contributed by atoms with van der Waals surface area (Å²) in [7, 11) is -2.98. The van der Waals surface area contributed by atoms with E-state index in [1.54, 1.807) is 11.8 Å². The maximum absolute atomic E-state index is 12.8. The second-order valence-electron chi connectivity index (χ2n) is 6.47. The number of amides is 1. The predicted octanol–water partition coefficient (Wildman–Crippen LogP) is 0.930. The predicted molar refractivity (Wildman–Crippen MR) is 79.0 cm³/mol. The molecule has 1 amide bonds. The van der Waals surface area contributed by atoms with E-state index < -0.39 is 15.4 Å². The molecule has 2 atom stereocenters. The molecule has 5 nitrogen and oxygen atoms in total. The molecule has 0 aromatic rings. The number of nitrogens with zero attached hydrogens (tertiary/aromatic N) is 1. The molecule has 2 aliphatic rings. The van der Waals surface area contributed by atoms with Crippen molar-refractivity contribution in [3.8, 4) is 0 Å². The average Bonchev–Trinajstić information content (AvgIpc) is 3.15. The zero-order valence-electron chi connectivity index (χ0n) is 12.5. The molecule has 2 N–H and O–H groups in total. The van der Waals surface area contributed by atoms with Crippen molar-refractivity contribution < 1.29 is 13.2 Å². The summed E-state index contributed by atoms with van der Waals surface area (Å²) in [5, 5.41) is 0. The third-order valence-corrected chi connectivity index (χ3v) is 6.30. The highest BCUT2D eigenvalue weighted by atomic mass is 32.2. The first-order valence-corrected chi connectivity index (χ1v) is 9.40. The van der Waals surface area contributed by atoms with E-state index in [1.165, 1.54) is 0 Å². The minimum absolute atomic E-state index is 0.0597. The molecule has 0 bridgehead atoms. The molecule has 20 heavy (non-hydrogen) atoms. The van der Waals surface area contributed by atoms with Crippen LogP contribution in [-0.2, 0) is 14.6 Å². The van der Waals surface area contributed by atoms with Gasteiger partial charge >= 0.3 is 0 Å². The summed E-state index contributed by atoms with van der Waals surface area (Å²) < 4.78 is 23.3. The number of hydrogen-bond acceptors (Lipinski definition) is 4. The number of carbonyl (C=O) groups is 1. The fourth-order valence-corrected chi connectivity index (χ4v) is 4.70. The first-order valence-electron chi connectivity index (χ1n) is 7.58. The zero-order valence-corrected chi connectivity index (χ0v) is 13.3. The molecule has 1 saturated heterocycles. The molecule has 1 heterocycles. The van der Waals surface area contributed by atoms with Gasteiger partial charge in [0.05, 0.1) is 17.0 Å². The van der Waals surface area contributed by atoms with Gasteiger partial charge in [0.25, 0.3) is 0 Å². The van der Waals surface area contributed by atoms with Crippen molar-refractivity contribution in [1.82, 2.24) is 4.90 Å². The molecule has 1 aliphatic carbocycles. The van der Waals surface area contributed by atoms with Gasteiger partial charge in [0.2, 0.25) is 5.91 Å². The van der Waals surface area contributed by atoms with E-state index in [9.17, 15) is 13.2 Å². The van der Waals surface area contributed by atoms with Gasteiger partial charge < -0.3 is 10.6 Å². The normalized spacial score (nSPS) is 28.1. The second-order valence-corrected chi connectivity index (χ2v) is 8.69. The van der Waals surface area contributed by atoms with Crippen LogP contribution in [-0.4, -0.2) is 48.9 Å². The molecule has 2 fully saturated rings. The number of rotatable bonds is 6. The van der Waals surface area contributed by atoms with Crippen LogP contribution >= 0.6 is 0 Å². The first kappa shape index (κ1) is 15.8. The van der Waals surface area contributed by atoms with Crippen molar-refractivity contribution in [3.63, 3.8) is 0 Å². The Balaban J connectivity index is 2.12. The van der Waals surface area contributed by atoms with E-state index in [4.69, 9.17) is 5.73 Å². The Morgan fingerprint density at radius 3 is 2.45 bits per heavy atom. The first-order chi connectivity index (χ1) is 9.28. The molecule has 0 aromatic carbocycles. The highest BCUT2D eigenvalue weighted by Gasteiger charge is 2.48. The summed E-state index contributed by atoms with van der Waals surface area (Å²) in [4.78, 5) is 14.5. The van der Waals surface area contributed by atoms with Gasteiger partial charge in [-0.05, 0) is 38.5 Å². The van der Waals surface area contributed by atoms with Gasteiger partial charge in [-0.2, -0.15) is 0 Å². The van der Waals surface area contributed by atoms with Crippen molar-refractivity contribution in [2.45, 2.75) is 57.5 Å². The van der Waals surface area contributed by atoms with E-state index in [1.807, 2.05) is 0 Å². The Morgan fingerprint density at radius 1 is 1.35 bits per heavy atom. The number of sulfone groups is 1. The maximum Gasteiger partial charge on any atom is 0.242 e. The monoisotopic (exact) mass is 302 g/mol. The van der Waals surface area contributed by atoms with Gasteiger partial charge in [-0.25, -0.2) is 8.42 Å². The fourth-order valence-electron chi connectivity index (χ4n) is 2.97. The zero-order chi connectivity index (χ0) is 15.0. The largest absolute Gasteiger partial charge is 0.337 e. The molecular weight excluding hydrogens is 276 g/mol. The van der Waals surface area contributed by atoms with Crippen LogP contribution in [0.1, 0.15) is 46.0 Å². The summed E-state index contributed by atoms with van der Waals surface area (Å²) in [5.41, 5.74) is 5.40. The van der Waals surface area contributed by atoms with Gasteiger partial charge in [0.1, 0.15) is 0 Å². The Labute approximate surface area is 121 Å². The molecular formula is C14H26N2O3S. The third-order valence-electron chi connectivity index (χ3n) is 4.55. The number of unbranched alkanes of at least 4 members (excludes halogenated alkanes) is 1. The fraction of sp³-hybridized carbons (Fsp3) is 0.929. The van der Waals surface area contributed by atoms with Crippen molar-refractivity contribution in [1.29, 1.82) is 0 Å². The van der Waals surface area contributed by atoms with Crippen molar-refractivity contribution in [3.05, 3.63) is 0 Å². The van der Waals surface area contributed by atoms with Gasteiger partial charge in [0.15, 0.2) is 9.84 Å². The minimum Gasteiger partial charge on any atom is -0.337 e. The van der Waals surface area contributed by atoms with Gasteiger partial charge in [0, 0.05) is 12.6 Å². The van der Waals surface area contributed by atoms with Crippen LogP contribution < -0.4 is 5.73 Å².